The van der Waals surface area contributed by atoms with Crippen LogP contribution in [0.15, 0.2) is 96.0 Å². The molecule has 0 heterocycles. The Bertz CT molecular complexity index is 1360. The van der Waals surface area contributed by atoms with Crippen LogP contribution < -0.4 is 0 Å². The second-order valence-corrected chi connectivity index (χ2v) is 11.5. The van der Waals surface area contributed by atoms with E-state index in [1.807, 2.05) is 30.3 Å². The van der Waals surface area contributed by atoms with Crippen LogP contribution in [0.1, 0.15) is 16.7 Å². The molecule has 2 nitrogen and oxygen atoms in total. The van der Waals surface area contributed by atoms with Crippen LogP contribution in [0.5, 0.6) is 5.75 Å². The zero-order chi connectivity index (χ0) is 27.9. The van der Waals surface area contributed by atoms with Crippen LogP contribution in [0.2, 0.25) is 0 Å². The molecule has 0 aliphatic heterocycles. The molecule has 4 aromatic rings. The van der Waals surface area contributed by atoms with Gasteiger partial charge in [-0.2, -0.15) is 26.3 Å². The van der Waals surface area contributed by atoms with Crippen LogP contribution >= 0.6 is 17.0 Å². The van der Waals surface area contributed by atoms with Gasteiger partial charge in [0.2, 0.25) is 0 Å². The molecule has 0 radical (unpaired) electrons. The molecule has 0 unspecified atom stereocenters. The molecule has 11 heteroatoms. The molecule has 0 atom stereocenters. The molecule has 196 valence electrons. The Morgan fingerprint density at radius 1 is 0.658 bits per heavy atom. The summed E-state index contributed by atoms with van der Waals surface area (Å²) in [5.74, 6) is -0.206. The van der Waals surface area contributed by atoms with Crippen LogP contribution in [0, 0.1) is 0 Å². The molecule has 0 fully saturated rings. The van der Waals surface area contributed by atoms with Crippen molar-refractivity contribution in [2.45, 2.75) is 12.4 Å². The normalized spacial score (nSPS) is 11.7. The maximum absolute atomic E-state index is 13.2. The molecule has 0 saturated carbocycles. The summed E-state index contributed by atoms with van der Waals surface area (Å²) in [7, 11) is 9.87. The van der Waals surface area contributed by atoms with Gasteiger partial charge in [0.1, 0.15) is 5.75 Å². The summed E-state index contributed by atoms with van der Waals surface area (Å²) in [6.07, 6.45) is -8.91. The third-order valence-electron chi connectivity index (χ3n) is 5.26. The van der Waals surface area contributed by atoms with Gasteiger partial charge in [0.15, 0.2) is 0 Å². The van der Waals surface area contributed by atoms with Gasteiger partial charge in [-0.25, -0.2) is 0 Å². The SMILES string of the molecule is Oc1c(C=Nc2cc(C(F)(F)F)cc(C(F)(F)F)c2)cc(-c2ccccc2)cc1-c1ccccc1.[Cl][Zr][Cl]. The van der Waals surface area contributed by atoms with Gasteiger partial charge in [0, 0.05) is 17.3 Å². The molecule has 0 amide bonds. The molecule has 4 aromatic carbocycles. The van der Waals surface area contributed by atoms with E-state index in [0.29, 0.717) is 28.8 Å². The molecule has 4 rings (SSSR count). The van der Waals surface area contributed by atoms with Gasteiger partial charge in [-0.3, -0.25) is 4.99 Å². The standard InChI is InChI=1S/C27H17F6NO.2ClH.Zr/c28-26(29,30)21-13-22(27(31,32)33)15-23(14-21)34-16-20-11-19(17-7-3-1-4-8-17)12-24(25(20)35)18-9-5-2-6-10-18;;;/h1-16,35H;2*1H;/q;;;+2/p-2. The van der Waals surface area contributed by atoms with Crippen LogP contribution in [0.4, 0.5) is 32.0 Å². The molecule has 0 aliphatic carbocycles. The first-order chi connectivity index (χ1) is 17.9. The number of phenolic OH excluding ortho intramolecular Hbond substituents is 1. The summed E-state index contributed by atoms with van der Waals surface area (Å²) in [4.78, 5) is 3.87. The minimum atomic E-state index is -4.98. The number of hydrogen-bond acceptors (Lipinski definition) is 2. The average molecular weight is 648 g/mol. The number of alkyl halides is 6. The number of rotatable bonds is 4. The fourth-order valence-electron chi connectivity index (χ4n) is 3.55. The summed E-state index contributed by atoms with van der Waals surface area (Å²) < 4.78 is 79.1. The predicted octanol–water partition coefficient (Wildman–Crippen LogP) is 9.89. The molecule has 0 spiro atoms. The summed E-state index contributed by atoms with van der Waals surface area (Å²) in [6, 6.07) is 22.5. The molecule has 1 N–H and O–H groups in total. The monoisotopic (exact) mass is 645 g/mol. The van der Waals surface area contributed by atoms with Crippen molar-refractivity contribution in [1.29, 1.82) is 0 Å². The average Bonchev–Trinajstić information content (AvgIpc) is 2.88. The Morgan fingerprint density at radius 2 is 1.13 bits per heavy atom. The molecule has 38 heavy (non-hydrogen) atoms. The zero-order valence-electron chi connectivity index (χ0n) is 19.2. The van der Waals surface area contributed by atoms with Crippen LogP contribution in [-0.4, -0.2) is 11.3 Å². The van der Waals surface area contributed by atoms with Crippen LogP contribution in [-0.2, 0) is 33.2 Å². The van der Waals surface area contributed by atoms with Gasteiger partial charge in [0.25, 0.3) is 0 Å². The third kappa shape index (κ3) is 7.95. The van der Waals surface area contributed by atoms with Crippen molar-refractivity contribution < 1.29 is 52.3 Å². The summed E-state index contributed by atoms with van der Waals surface area (Å²) >= 11 is -0.826. The van der Waals surface area contributed by atoms with E-state index in [-0.39, 0.29) is 17.4 Å². The first-order valence-electron chi connectivity index (χ1n) is 10.7. The summed E-state index contributed by atoms with van der Waals surface area (Å²) in [6.45, 7) is 0. The van der Waals surface area contributed by atoms with Crippen LogP contribution in [0.25, 0.3) is 22.3 Å². The van der Waals surface area contributed by atoms with E-state index in [1.54, 1.807) is 42.5 Å². The Kier molecular flexibility index (Phi) is 10.2. The topological polar surface area (TPSA) is 32.6 Å². The molecule has 0 saturated heterocycles. The van der Waals surface area contributed by atoms with E-state index in [4.69, 9.17) is 17.0 Å². The Hall–Kier alpha value is -2.61. The third-order valence-corrected chi connectivity index (χ3v) is 5.26. The number of phenols is 1. The number of benzene rings is 4. The minimum absolute atomic E-state index is 0.0417. The van der Waals surface area contributed by atoms with Crippen molar-refractivity contribution in [2.24, 2.45) is 4.99 Å². The van der Waals surface area contributed by atoms with Crippen molar-refractivity contribution in [1.82, 2.24) is 0 Å². The van der Waals surface area contributed by atoms with Gasteiger partial charge in [0.05, 0.1) is 16.8 Å². The van der Waals surface area contributed by atoms with E-state index in [0.717, 1.165) is 11.8 Å². The Morgan fingerprint density at radius 3 is 1.61 bits per heavy atom. The summed E-state index contributed by atoms with van der Waals surface area (Å²) in [5.41, 5.74) is -0.738. The summed E-state index contributed by atoms with van der Waals surface area (Å²) in [5, 5.41) is 10.9. The van der Waals surface area contributed by atoms with Crippen LogP contribution in [0.3, 0.4) is 0 Å². The van der Waals surface area contributed by atoms with Crippen molar-refractivity contribution in [3.05, 3.63) is 108 Å². The van der Waals surface area contributed by atoms with E-state index in [9.17, 15) is 31.4 Å². The van der Waals surface area contributed by atoms with Gasteiger partial charge < -0.3 is 5.11 Å². The molecule has 0 aromatic heterocycles. The van der Waals surface area contributed by atoms with Gasteiger partial charge in [-0.05, 0) is 47.0 Å². The Balaban J connectivity index is 0.00000127. The van der Waals surface area contributed by atoms with Crippen molar-refractivity contribution >= 4 is 28.9 Å². The fraction of sp³-hybridized carbons (Fsp3) is 0.0741. The maximum atomic E-state index is 13.2. The first kappa shape index (κ1) is 29.9. The second-order valence-electron chi connectivity index (χ2n) is 7.79. The van der Waals surface area contributed by atoms with Gasteiger partial charge >= 0.3 is 50.2 Å². The molecule has 0 bridgehead atoms. The zero-order valence-corrected chi connectivity index (χ0v) is 23.1. The first-order valence-corrected chi connectivity index (χ1v) is 17.0. The van der Waals surface area contributed by atoms with Gasteiger partial charge in [-0.1, -0.05) is 60.7 Å². The Labute approximate surface area is 233 Å². The van der Waals surface area contributed by atoms with Gasteiger partial charge in [-0.15, -0.1) is 0 Å². The van der Waals surface area contributed by atoms with Crippen molar-refractivity contribution in [2.75, 3.05) is 0 Å². The predicted molar refractivity (Wildman–Crippen MR) is 134 cm³/mol. The van der Waals surface area contributed by atoms with Crippen molar-refractivity contribution in [3.8, 4) is 28.0 Å². The molecular formula is C27H17Cl2F6NOZr. The number of nitrogens with zero attached hydrogens (tertiary/aromatic N) is 1. The number of aromatic hydroxyl groups is 1. The van der Waals surface area contributed by atoms with E-state index in [1.165, 1.54) is 0 Å². The number of aliphatic imine (C=N–C) groups is 1. The van der Waals surface area contributed by atoms with E-state index in [2.05, 4.69) is 4.99 Å². The van der Waals surface area contributed by atoms with E-state index >= 15 is 0 Å². The number of halogens is 8. The van der Waals surface area contributed by atoms with Crippen molar-refractivity contribution in [3.63, 3.8) is 0 Å². The number of hydrogen-bond donors (Lipinski definition) is 1. The fourth-order valence-corrected chi connectivity index (χ4v) is 3.55. The van der Waals surface area contributed by atoms with E-state index < -0.39 is 50.0 Å². The quantitative estimate of drug-likeness (QED) is 0.174. The molecule has 0 aliphatic rings. The second kappa shape index (κ2) is 13.0. The molecular weight excluding hydrogens is 630 g/mol.